The fourth-order valence-electron chi connectivity index (χ4n) is 3.55. The molecule has 0 radical (unpaired) electrons. The van der Waals surface area contributed by atoms with Crippen molar-refractivity contribution in [2.45, 2.75) is 38.1 Å². The SMILES string of the molecule is CN(c1ncnc2c1cnn2-c1ccccc1F)C1CCCCC1. The summed E-state index contributed by atoms with van der Waals surface area (Å²) in [5.41, 5.74) is 1.03. The maximum absolute atomic E-state index is 14.1. The van der Waals surface area contributed by atoms with Crippen LogP contribution in [0.4, 0.5) is 10.2 Å². The lowest BCUT2D eigenvalue weighted by Crippen LogP contribution is -2.34. The minimum atomic E-state index is -0.316. The van der Waals surface area contributed by atoms with E-state index < -0.39 is 0 Å². The fraction of sp³-hybridized carbons (Fsp3) is 0.389. The summed E-state index contributed by atoms with van der Waals surface area (Å²) in [6, 6.07) is 7.09. The van der Waals surface area contributed by atoms with Gasteiger partial charge in [0.25, 0.3) is 0 Å². The van der Waals surface area contributed by atoms with E-state index in [4.69, 9.17) is 0 Å². The topological polar surface area (TPSA) is 46.8 Å². The molecule has 124 valence electrons. The van der Waals surface area contributed by atoms with Crippen molar-refractivity contribution in [1.82, 2.24) is 19.7 Å². The van der Waals surface area contributed by atoms with Crippen molar-refractivity contribution < 1.29 is 4.39 Å². The highest BCUT2D eigenvalue weighted by atomic mass is 19.1. The van der Waals surface area contributed by atoms with Crippen molar-refractivity contribution in [2.24, 2.45) is 0 Å². The first kappa shape index (κ1) is 15.1. The Hall–Kier alpha value is -2.50. The van der Waals surface area contributed by atoms with E-state index in [2.05, 4.69) is 27.0 Å². The van der Waals surface area contributed by atoms with Gasteiger partial charge in [-0.1, -0.05) is 31.4 Å². The Morgan fingerprint density at radius 3 is 2.71 bits per heavy atom. The lowest BCUT2D eigenvalue weighted by atomic mass is 9.94. The standard InChI is InChI=1S/C18H20FN5/c1-23(13-7-3-2-4-8-13)17-14-11-22-24(18(14)21-12-20-17)16-10-6-5-9-15(16)19/h5-6,9-13H,2-4,7-8H2,1H3. The summed E-state index contributed by atoms with van der Waals surface area (Å²) in [6.45, 7) is 0. The van der Waals surface area contributed by atoms with E-state index in [9.17, 15) is 4.39 Å². The first-order chi connectivity index (χ1) is 11.8. The van der Waals surface area contributed by atoms with E-state index >= 15 is 0 Å². The largest absolute Gasteiger partial charge is 0.356 e. The van der Waals surface area contributed by atoms with Gasteiger partial charge >= 0.3 is 0 Å². The third-order valence-electron chi connectivity index (χ3n) is 4.88. The summed E-state index contributed by atoms with van der Waals surface area (Å²) in [4.78, 5) is 11.1. The first-order valence-corrected chi connectivity index (χ1v) is 8.42. The maximum Gasteiger partial charge on any atom is 0.168 e. The molecule has 0 N–H and O–H groups in total. The Kier molecular flexibility index (Phi) is 3.88. The van der Waals surface area contributed by atoms with E-state index in [0.29, 0.717) is 17.4 Å². The monoisotopic (exact) mass is 325 g/mol. The van der Waals surface area contributed by atoms with Crippen LogP contribution in [0.3, 0.4) is 0 Å². The molecule has 0 atom stereocenters. The number of benzene rings is 1. The van der Waals surface area contributed by atoms with E-state index in [1.807, 2.05) is 0 Å². The third kappa shape index (κ3) is 2.52. The summed E-state index contributed by atoms with van der Waals surface area (Å²) in [5, 5.41) is 5.22. The van der Waals surface area contributed by atoms with Crippen LogP contribution < -0.4 is 4.90 Å². The molecule has 24 heavy (non-hydrogen) atoms. The number of anilines is 1. The van der Waals surface area contributed by atoms with Crippen molar-refractivity contribution in [3.05, 3.63) is 42.6 Å². The Balaban J connectivity index is 1.78. The molecule has 0 spiro atoms. The number of hydrogen-bond acceptors (Lipinski definition) is 4. The molecule has 0 bridgehead atoms. The summed E-state index contributed by atoms with van der Waals surface area (Å²) < 4.78 is 15.7. The molecule has 1 saturated carbocycles. The molecule has 1 aliphatic rings. The molecule has 4 rings (SSSR count). The summed E-state index contributed by atoms with van der Waals surface area (Å²) >= 11 is 0. The number of hydrogen-bond donors (Lipinski definition) is 0. The van der Waals surface area contributed by atoms with E-state index in [-0.39, 0.29) is 5.82 Å². The van der Waals surface area contributed by atoms with Crippen LogP contribution in [0.2, 0.25) is 0 Å². The Morgan fingerprint density at radius 1 is 1.12 bits per heavy atom. The van der Waals surface area contributed by atoms with Gasteiger partial charge in [0, 0.05) is 13.1 Å². The first-order valence-electron chi connectivity index (χ1n) is 8.42. The van der Waals surface area contributed by atoms with Crippen molar-refractivity contribution in [3.8, 4) is 5.69 Å². The predicted octanol–water partition coefficient (Wildman–Crippen LogP) is 3.72. The van der Waals surface area contributed by atoms with E-state index in [0.717, 1.165) is 11.2 Å². The molecule has 3 aromatic rings. The van der Waals surface area contributed by atoms with Crippen molar-refractivity contribution in [2.75, 3.05) is 11.9 Å². The zero-order valence-electron chi connectivity index (χ0n) is 13.7. The molecular weight excluding hydrogens is 305 g/mol. The van der Waals surface area contributed by atoms with Gasteiger partial charge in [0.1, 0.15) is 23.6 Å². The van der Waals surface area contributed by atoms with Crippen LogP contribution in [0.15, 0.2) is 36.8 Å². The van der Waals surface area contributed by atoms with Gasteiger partial charge in [-0.25, -0.2) is 19.0 Å². The van der Waals surface area contributed by atoms with Gasteiger partial charge in [-0.05, 0) is 25.0 Å². The van der Waals surface area contributed by atoms with E-state index in [1.54, 1.807) is 29.1 Å². The lowest BCUT2D eigenvalue weighted by molar-refractivity contribution is 0.426. The third-order valence-corrected chi connectivity index (χ3v) is 4.88. The van der Waals surface area contributed by atoms with Crippen molar-refractivity contribution >= 4 is 16.9 Å². The second-order valence-electron chi connectivity index (χ2n) is 6.35. The molecule has 1 aliphatic carbocycles. The smallest absolute Gasteiger partial charge is 0.168 e. The molecule has 0 unspecified atom stereocenters. The number of halogens is 1. The lowest BCUT2D eigenvalue weighted by Gasteiger charge is -2.32. The highest BCUT2D eigenvalue weighted by Gasteiger charge is 2.22. The maximum atomic E-state index is 14.1. The number of rotatable bonds is 3. The number of fused-ring (bicyclic) bond motifs is 1. The number of para-hydroxylation sites is 1. The van der Waals surface area contributed by atoms with Crippen molar-refractivity contribution in [3.63, 3.8) is 0 Å². The molecule has 6 heteroatoms. The number of aromatic nitrogens is 4. The Bertz CT molecular complexity index is 853. The minimum Gasteiger partial charge on any atom is -0.356 e. The van der Waals surface area contributed by atoms with Crippen molar-refractivity contribution in [1.29, 1.82) is 0 Å². The van der Waals surface area contributed by atoms with E-state index in [1.165, 1.54) is 44.5 Å². The molecule has 0 saturated heterocycles. The van der Waals surface area contributed by atoms with Gasteiger partial charge in [-0.3, -0.25) is 0 Å². The van der Waals surface area contributed by atoms with Crippen LogP contribution in [0.5, 0.6) is 0 Å². The average Bonchev–Trinajstić information content (AvgIpc) is 3.06. The van der Waals surface area contributed by atoms with Crippen LogP contribution in [0.1, 0.15) is 32.1 Å². The van der Waals surface area contributed by atoms with Gasteiger partial charge in [0.15, 0.2) is 5.65 Å². The summed E-state index contributed by atoms with van der Waals surface area (Å²) in [7, 11) is 2.08. The van der Waals surface area contributed by atoms with Gasteiger partial charge < -0.3 is 4.90 Å². The molecule has 2 aromatic heterocycles. The molecule has 0 amide bonds. The second-order valence-corrected chi connectivity index (χ2v) is 6.35. The Labute approximate surface area is 140 Å². The normalized spacial score (nSPS) is 15.8. The van der Waals surface area contributed by atoms with Crippen LogP contribution in [0, 0.1) is 5.82 Å². The summed E-state index contributed by atoms with van der Waals surface area (Å²) in [5.74, 6) is 0.554. The zero-order chi connectivity index (χ0) is 16.5. The van der Waals surface area contributed by atoms with Crippen LogP contribution in [-0.4, -0.2) is 32.8 Å². The number of nitrogens with zero attached hydrogens (tertiary/aromatic N) is 5. The van der Waals surface area contributed by atoms with Gasteiger partial charge in [-0.2, -0.15) is 5.10 Å². The second kappa shape index (κ2) is 6.19. The van der Waals surface area contributed by atoms with Crippen LogP contribution >= 0.6 is 0 Å². The van der Waals surface area contributed by atoms with Gasteiger partial charge in [-0.15, -0.1) is 0 Å². The molecule has 2 heterocycles. The molecule has 0 aliphatic heterocycles. The summed E-state index contributed by atoms with van der Waals surface area (Å²) in [6.07, 6.45) is 9.48. The minimum absolute atomic E-state index is 0.316. The molecule has 1 fully saturated rings. The molecular formula is C18H20FN5. The zero-order valence-corrected chi connectivity index (χ0v) is 13.7. The highest BCUT2D eigenvalue weighted by molar-refractivity contribution is 5.87. The average molecular weight is 325 g/mol. The van der Waals surface area contributed by atoms with Crippen LogP contribution in [-0.2, 0) is 0 Å². The predicted molar refractivity (Wildman–Crippen MR) is 91.9 cm³/mol. The van der Waals surface area contributed by atoms with Crippen LogP contribution in [0.25, 0.3) is 16.7 Å². The highest BCUT2D eigenvalue weighted by Crippen LogP contribution is 2.30. The van der Waals surface area contributed by atoms with Gasteiger partial charge in [0.05, 0.1) is 11.6 Å². The molecule has 1 aromatic carbocycles. The fourth-order valence-corrected chi connectivity index (χ4v) is 3.55. The molecule has 5 nitrogen and oxygen atoms in total. The Morgan fingerprint density at radius 2 is 1.92 bits per heavy atom. The van der Waals surface area contributed by atoms with Gasteiger partial charge in [0.2, 0.25) is 0 Å². The quantitative estimate of drug-likeness (QED) is 0.736.